The smallest absolute Gasteiger partial charge is 0.410 e. The van der Waals surface area contributed by atoms with Gasteiger partial charge < -0.3 is 24.2 Å². The molecule has 3 amide bonds. The molecular weight excluding hydrogens is 616 g/mol. The summed E-state index contributed by atoms with van der Waals surface area (Å²) >= 11 is 0. The summed E-state index contributed by atoms with van der Waals surface area (Å²) in [5.74, 6) is -0.0661. The number of aromatic hydroxyl groups is 1. The van der Waals surface area contributed by atoms with Crippen LogP contribution in [0.5, 0.6) is 5.75 Å². The highest BCUT2D eigenvalue weighted by molar-refractivity contribution is 6.08. The molecule has 0 fully saturated rings. The molecule has 254 valence electrons. The number of carbonyl (C=O) groups excluding carboxylic acids is 3. The molecule has 49 heavy (non-hydrogen) atoms. The number of fused-ring (bicyclic) bond motifs is 3. The fraction of sp³-hybridized carbons (Fsp3) is 0.375. The topological polar surface area (TPSA) is 95.3 Å². The number of hydrogen-bond acceptors (Lipinski definition) is 5. The Kier molecular flexibility index (Phi) is 8.25. The van der Waals surface area contributed by atoms with Gasteiger partial charge >= 0.3 is 6.09 Å². The first-order valence-electron chi connectivity index (χ1n) is 17.2. The molecule has 0 spiro atoms. The van der Waals surface area contributed by atoms with Crippen molar-refractivity contribution < 1.29 is 24.2 Å². The predicted octanol–water partition coefficient (Wildman–Crippen LogP) is 7.31. The quantitative estimate of drug-likeness (QED) is 0.248. The lowest BCUT2D eigenvalue weighted by atomic mass is 9.92. The van der Waals surface area contributed by atoms with Crippen molar-refractivity contribution in [2.24, 2.45) is 0 Å². The van der Waals surface area contributed by atoms with Crippen LogP contribution in [0.3, 0.4) is 0 Å². The van der Waals surface area contributed by atoms with E-state index < -0.39 is 5.60 Å². The van der Waals surface area contributed by atoms with Gasteiger partial charge in [-0.3, -0.25) is 14.5 Å². The summed E-state index contributed by atoms with van der Waals surface area (Å²) in [5.41, 5.74) is 8.13. The van der Waals surface area contributed by atoms with E-state index in [4.69, 9.17) is 4.74 Å². The van der Waals surface area contributed by atoms with E-state index in [1.54, 1.807) is 41.1 Å². The normalized spacial score (nSPS) is 16.9. The molecule has 4 heterocycles. The second-order valence-corrected chi connectivity index (χ2v) is 14.6. The molecule has 0 radical (unpaired) electrons. The molecule has 0 saturated heterocycles. The maximum absolute atomic E-state index is 14.8. The Morgan fingerprint density at radius 3 is 2.27 bits per heavy atom. The van der Waals surface area contributed by atoms with Gasteiger partial charge in [-0.1, -0.05) is 24.3 Å². The Morgan fingerprint density at radius 2 is 1.55 bits per heavy atom. The van der Waals surface area contributed by atoms with Crippen molar-refractivity contribution in [3.8, 4) is 17.0 Å². The van der Waals surface area contributed by atoms with Crippen molar-refractivity contribution in [3.05, 3.63) is 106 Å². The Hall–Kier alpha value is -5.05. The maximum atomic E-state index is 14.8. The van der Waals surface area contributed by atoms with Crippen molar-refractivity contribution in [1.82, 2.24) is 14.4 Å². The molecule has 3 aliphatic heterocycles. The first-order chi connectivity index (χ1) is 23.4. The summed E-state index contributed by atoms with van der Waals surface area (Å²) in [6, 6.07) is 20.9. The van der Waals surface area contributed by atoms with Crippen LogP contribution in [0.1, 0.15) is 89.2 Å². The first kappa shape index (κ1) is 32.5. The lowest BCUT2D eigenvalue weighted by Gasteiger charge is -2.35. The summed E-state index contributed by atoms with van der Waals surface area (Å²) in [7, 11) is 1.74. The first-order valence-corrected chi connectivity index (χ1v) is 17.2. The number of anilines is 1. The highest BCUT2D eigenvalue weighted by Crippen LogP contribution is 2.39. The molecule has 0 aliphatic carbocycles. The van der Waals surface area contributed by atoms with E-state index in [2.05, 4.69) is 29.7 Å². The van der Waals surface area contributed by atoms with E-state index >= 15 is 0 Å². The van der Waals surface area contributed by atoms with Crippen molar-refractivity contribution in [2.45, 2.75) is 91.2 Å². The Balaban J connectivity index is 1.32. The van der Waals surface area contributed by atoms with Crippen LogP contribution in [0, 0.1) is 0 Å². The van der Waals surface area contributed by atoms with Crippen LogP contribution in [0.15, 0.2) is 66.7 Å². The summed E-state index contributed by atoms with van der Waals surface area (Å²) < 4.78 is 7.93. The second-order valence-electron chi connectivity index (χ2n) is 14.6. The molecule has 7 rings (SSSR count). The Labute approximate surface area is 287 Å². The third-order valence-corrected chi connectivity index (χ3v) is 10.0. The number of phenolic OH excluding ortho intramolecular Hbond substituents is 1. The zero-order valence-electron chi connectivity index (χ0n) is 29.0. The molecule has 4 aromatic rings. The monoisotopic (exact) mass is 660 g/mol. The van der Waals surface area contributed by atoms with Crippen LogP contribution >= 0.6 is 0 Å². The van der Waals surface area contributed by atoms with Crippen LogP contribution < -0.4 is 4.90 Å². The third kappa shape index (κ3) is 6.18. The summed E-state index contributed by atoms with van der Waals surface area (Å²) in [5, 5.41) is 9.81. The van der Waals surface area contributed by atoms with Gasteiger partial charge in [0, 0.05) is 67.5 Å². The maximum Gasteiger partial charge on any atom is 0.410 e. The molecule has 3 aromatic carbocycles. The van der Waals surface area contributed by atoms with Gasteiger partial charge in [0.2, 0.25) is 0 Å². The van der Waals surface area contributed by atoms with Gasteiger partial charge in [0.25, 0.3) is 11.8 Å². The average Bonchev–Trinajstić information content (AvgIpc) is 3.68. The molecule has 1 atom stereocenters. The second kappa shape index (κ2) is 12.4. The van der Waals surface area contributed by atoms with Gasteiger partial charge in [-0.2, -0.15) is 0 Å². The van der Waals surface area contributed by atoms with Crippen molar-refractivity contribution >= 4 is 23.6 Å². The number of phenols is 1. The lowest BCUT2D eigenvalue weighted by Crippen LogP contribution is -2.42. The molecule has 0 saturated carbocycles. The third-order valence-electron chi connectivity index (χ3n) is 10.0. The van der Waals surface area contributed by atoms with Gasteiger partial charge in [-0.25, -0.2) is 4.79 Å². The Bertz CT molecular complexity index is 1950. The number of carbonyl (C=O) groups is 3. The molecule has 0 unspecified atom stereocenters. The van der Waals surface area contributed by atoms with E-state index in [0.29, 0.717) is 36.4 Å². The van der Waals surface area contributed by atoms with E-state index in [1.807, 2.05) is 49.9 Å². The van der Waals surface area contributed by atoms with Crippen LogP contribution in [0.25, 0.3) is 11.3 Å². The Morgan fingerprint density at radius 1 is 0.857 bits per heavy atom. The number of hydrogen-bond donors (Lipinski definition) is 1. The lowest BCUT2D eigenvalue weighted by molar-refractivity contribution is 0.0241. The van der Waals surface area contributed by atoms with E-state index in [-0.39, 0.29) is 29.7 Å². The minimum absolute atomic E-state index is 0.000839. The standard InChI is InChI=1S/C40H44N4O5/c1-25-18-26-10-6-7-11-27(26)24-44(25)38(47)33-20-29-23-42(39(48)49-40(2,3)4)22-28(29)19-32(33)36-21-34(35-12-8-9-17-43(35)36)37(46)41(5)30-13-15-31(45)16-14-30/h6-7,10-11,13-16,19-21,25,45H,8-9,12,17-18,22-24H2,1-5H3/t25-/m1/s1. The summed E-state index contributed by atoms with van der Waals surface area (Å²) in [6.07, 6.45) is 3.08. The number of benzene rings is 3. The largest absolute Gasteiger partial charge is 0.508 e. The fourth-order valence-corrected chi connectivity index (χ4v) is 7.46. The number of rotatable bonds is 4. The fourth-order valence-electron chi connectivity index (χ4n) is 7.46. The highest BCUT2D eigenvalue weighted by atomic mass is 16.6. The number of aromatic nitrogens is 1. The van der Waals surface area contributed by atoms with E-state index in [9.17, 15) is 19.5 Å². The predicted molar refractivity (Wildman–Crippen MR) is 189 cm³/mol. The van der Waals surface area contributed by atoms with Crippen LogP contribution in [-0.4, -0.2) is 56.1 Å². The van der Waals surface area contributed by atoms with Crippen molar-refractivity contribution in [2.75, 3.05) is 11.9 Å². The number of amides is 3. The molecule has 1 aromatic heterocycles. The van der Waals surface area contributed by atoms with E-state index in [0.717, 1.165) is 65.9 Å². The zero-order valence-corrected chi connectivity index (χ0v) is 29.0. The number of nitrogens with zero attached hydrogens (tertiary/aromatic N) is 4. The molecule has 9 heteroatoms. The average molecular weight is 661 g/mol. The summed E-state index contributed by atoms with van der Waals surface area (Å²) in [6.45, 7) is 9.66. The minimum atomic E-state index is -0.625. The van der Waals surface area contributed by atoms with Gasteiger partial charge in [-0.05, 0) is 118 Å². The van der Waals surface area contributed by atoms with Gasteiger partial charge in [0.05, 0.1) is 5.56 Å². The van der Waals surface area contributed by atoms with Gasteiger partial charge in [0.1, 0.15) is 11.4 Å². The van der Waals surface area contributed by atoms with Crippen LogP contribution in [-0.2, 0) is 43.8 Å². The molecule has 3 aliphatic rings. The highest BCUT2D eigenvalue weighted by Gasteiger charge is 2.35. The minimum Gasteiger partial charge on any atom is -0.508 e. The molecular formula is C40H44N4O5. The van der Waals surface area contributed by atoms with Crippen LogP contribution in [0.2, 0.25) is 0 Å². The molecule has 9 nitrogen and oxygen atoms in total. The van der Waals surface area contributed by atoms with Gasteiger partial charge in [-0.15, -0.1) is 0 Å². The van der Waals surface area contributed by atoms with Crippen molar-refractivity contribution in [3.63, 3.8) is 0 Å². The van der Waals surface area contributed by atoms with E-state index in [1.165, 1.54) is 5.56 Å². The van der Waals surface area contributed by atoms with Gasteiger partial charge in [0.15, 0.2) is 0 Å². The zero-order chi connectivity index (χ0) is 34.6. The van der Waals surface area contributed by atoms with Crippen LogP contribution in [0.4, 0.5) is 10.5 Å². The molecule has 1 N–H and O–H groups in total. The SMILES string of the molecule is C[C@@H]1Cc2ccccc2CN1C(=O)c1cc2c(cc1-c1cc(C(=O)N(C)c3ccc(O)cc3)c3n1CCCC3)CN(C(=O)OC(C)(C)C)C2. The summed E-state index contributed by atoms with van der Waals surface area (Å²) in [4.78, 5) is 47.3. The number of ether oxygens (including phenoxy) is 1. The molecule has 0 bridgehead atoms. The van der Waals surface area contributed by atoms with Crippen molar-refractivity contribution in [1.29, 1.82) is 0 Å².